The molecule has 2 heterocycles. The second kappa shape index (κ2) is 4.13. The van der Waals surface area contributed by atoms with Crippen LogP contribution in [0, 0.1) is 5.82 Å². The highest BCUT2D eigenvalue weighted by molar-refractivity contribution is 5.78. The molecule has 2 aliphatic heterocycles. The smallest absolute Gasteiger partial charge is 0.223 e. The molecule has 90 valence electrons. The fourth-order valence-electron chi connectivity index (χ4n) is 3.21. The summed E-state index contributed by atoms with van der Waals surface area (Å²) in [7, 11) is 0. The molecule has 0 aliphatic carbocycles. The first-order valence-corrected chi connectivity index (χ1v) is 6.33. The van der Waals surface area contributed by atoms with Crippen molar-refractivity contribution in [1.29, 1.82) is 0 Å². The number of halogens is 1. The van der Waals surface area contributed by atoms with E-state index in [0.29, 0.717) is 18.0 Å². The zero-order chi connectivity index (χ0) is 11.8. The van der Waals surface area contributed by atoms with E-state index in [1.807, 2.05) is 17.0 Å². The number of nitrogens with zero attached hydrogens (tertiary/aromatic N) is 1. The summed E-state index contributed by atoms with van der Waals surface area (Å²) in [5.41, 5.74) is 0.685. The van der Waals surface area contributed by atoms with E-state index < -0.39 is 0 Å². The van der Waals surface area contributed by atoms with Crippen molar-refractivity contribution in [3.63, 3.8) is 0 Å². The molecule has 2 nitrogen and oxygen atoms in total. The van der Waals surface area contributed by atoms with E-state index in [9.17, 15) is 9.18 Å². The van der Waals surface area contributed by atoms with Crippen LogP contribution in [0.15, 0.2) is 24.3 Å². The minimum absolute atomic E-state index is 0.0333. The molecular weight excluding hydrogens is 217 g/mol. The van der Waals surface area contributed by atoms with Gasteiger partial charge in [-0.1, -0.05) is 18.2 Å². The lowest BCUT2D eigenvalue weighted by atomic mass is 10.0. The van der Waals surface area contributed by atoms with Gasteiger partial charge in [-0.05, 0) is 31.7 Å². The summed E-state index contributed by atoms with van der Waals surface area (Å²) >= 11 is 0. The molecule has 2 atom stereocenters. The third-order valence-corrected chi connectivity index (χ3v) is 3.98. The van der Waals surface area contributed by atoms with Crippen molar-refractivity contribution < 1.29 is 9.18 Å². The number of rotatable bonds is 1. The van der Waals surface area contributed by atoms with E-state index in [1.54, 1.807) is 6.07 Å². The van der Waals surface area contributed by atoms with Crippen LogP contribution in [0.4, 0.5) is 4.39 Å². The van der Waals surface area contributed by atoms with Crippen LogP contribution in [0.2, 0.25) is 0 Å². The predicted molar refractivity (Wildman–Crippen MR) is 62.9 cm³/mol. The van der Waals surface area contributed by atoms with E-state index in [4.69, 9.17) is 0 Å². The quantitative estimate of drug-likeness (QED) is 0.730. The lowest BCUT2D eigenvalue weighted by molar-refractivity contribution is -0.136. The van der Waals surface area contributed by atoms with Gasteiger partial charge < -0.3 is 4.90 Å². The molecule has 0 radical (unpaired) electrons. The van der Waals surface area contributed by atoms with Crippen LogP contribution in [0.1, 0.15) is 43.7 Å². The van der Waals surface area contributed by atoms with E-state index >= 15 is 0 Å². The Hall–Kier alpha value is -1.38. The molecule has 2 saturated heterocycles. The molecule has 2 aliphatic rings. The fraction of sp³-hybridized carbons (Fsp3) is 0.500. The van der Waals surface area contributed by atoms with Crippen molar-refractivity contribution in [1.82, 2.24) is 4.90 Å². The van der Waals surface area contributed by atoms with Gasteiger partial charge in [0, 0.05) is 18.0 Å². The maximum Gasteiger partial charge on any atom is 0.223 e. The van der Waals surface area contributed by atoms with Crippen molar-refractivity contribution in [3.05, 3.63) is 35.6 Å². The Morgan fingerprint density at radius 3 is 2.82 bits per heavy atom. The molecule has 3 rings (SSSR count). The maximum absolute atomic E-state index is 13.8. The topological polar surface area (TPSA) is 20.3 Å². The maximum atomic E-state index is 13.8. The molecule has 1 aromatic carbocycles. The summed E-state index contributed by atoms with van der Waals surface area (Å²) in [5, 5.41) is 0. The molecule has 3 heteroatoms. The van der Waals surface area contributed by atoms with Crippen LogP contribution < -0.4 is 0 Å². The molecule has 0 bridgehead atoms. The van der Waals surface area contributed by atoms with Gasteiger partial charge >= 0.3 is 0 Å². The lowest BCUT2D eigenvalue weighted by Crippen LogP contribution is -2.40. The predicted octanol–water partition coefficient (Wildman–Crippen LogP) is 3.04. The summed E-state index contributed by atoms with van der Waals surface area (Å²) in [6.45, 7) is 0. The van der Waals surface area contributed by atoms with E-state index in [2.05, 4.69) is 0 Å². The van der Waals surface area contributed by atoms with E-state index in [1.165, 1.54) is 6.07 Å². The number of carbonyl (C=O) groups excluding carboxylic acids is 1. The Morgan fingerprint density at radius 1 is 1.18 bits per heavy atom. The van der Waals surface area contributed by atoms with E-state index in [-0.39, 0.29) is 17.8 Å². The van der Waals surface area contributed by atoms with Crippen molar-refractivity contribution in [2.75, 3.05) is 0 Å². The first kappa shape index (κ1) is 10.8. The fourth-order valence-corrected chi connectivity index (χ4v) is 3.21. The number of carbonyl (C=O) groups is 1. The van der Waals surface area contributed by atoms with Crippen LogP contribution in [-0.4, -0.2) is 16.8 Å². The minimum Gasteiger partial charge on any atom is -0.333 e. The van der Waals surface area contributed by atoms with Crippen molar-refractivity contribution in [2.45, 2.75) is 44.2 Å². The third kappa shape index (κ3) is 1.74. The van der Waals surface area contributed by atoms with Crippen LogP contribution in [0.5, 0.6) is 0 Å². The Bertz CT molecular complexity index is 446. The molecule has 17 heavy (non-hydrogen) atoms. The SMILES string of the molecule is O=C1CCC[C@H]2CC[C@@H](c3ccccc3F)N12. The Labute approximate surface area is 100 Å². The van der Waals surface area contributed by atoms with E-state index in [0.717, 1.165) is 25.7 Å². The average Bonchev–Trinajstić information content (AvgIpc) is 2.75. The number of piperidine rings is 1. The zero-order valence-electron chi connectivity index (χ0n) is 9.73. The number of hydrogen-bond donors (Lipinski definition) is 0. The van der Waals surface area contributed by atoms with Gasteiger partial charge in [0.2, 0.25) is 5.91 Å². The molecule has 0 saturated carbocycles. The molecule has 0 aromatic heterocycles. The summed E-state index contributed by atoms with van der Waals surface area (Å²) in [6.07, 6.45) is 4.62. The normalized spacial score (nSPS) is 28.3. The van der Waals surface area contributed by atoms with Gasteiger partial charge in [-0.3, -0.25) is 4.79 Å². The van der Waals surface area contributed by atoms with Crippen LogP contribution in [0.3, 0.4) is 0 Å². The molecule has 2 fully saturated rings. The second-order valence-electron chi connectivity index (χ2n) is 4.96. The first-order valence-electron chi connectivity index (χ1n) is 6.33. The largest absolute Gasteiger partial charge is 0.333 e. The second-order valence-corrected chi connectivity index (χ2v) is 4.96. The number of hydrogen-bond acceptors (Lipinski definition) is 1. The summed E-state index contributed by atoms with van der Waals surface area (Å²) in [6, 6.07) is 7.15. The lowest BCUT2D eigenvalue weighted by Gasteiger charge is -2.34. The number of amides is 1. The summed E-state index contributed by atoms with van der Waals surface area (Å²) in [5.74, 6) is 0.0172. The Balaban J connectivity index is 1.94. The monoisotopic (exact) mass is 233 g/mol. The van der Waals surface area contributed by atoms with Gasteiger partial charge in [-0.25, -0.2) is 4.39 Å². The Kier molecular flexibility index (Phi) is 2.61. The average molecular weight is 233 g/mol. The summed E-state index contributed by atoms with van der Waals surface area (Å²) in [4.78, 5) is 13.9. The number of benzene rings is 1. The third-order valence-electron chi connectivity index (χ3n) is 3.98. The van der Waals surface area contributed by atoms with Crippen LogP contribution in [-0.2, 0) is 4.79 Å². The molecule has 1 amide bonds. The van der Waals surface area contributed by atoms with Gasteiger partial charge in [0.1, 0.15) is 5.82 Å². The molecule has 0 N–H and O–H groups in total. The molecule has 0 spiro atoms. The highest BCUT2D eigenvalue weighted by atomic mass is 19.1. The van der Waals surface area contributed by atoms with Crippen molar-refractivity contribution in [3.8, 4) is 0 Å². The zero-order valence-corrected chi connectivity index (χ0v) is 9.73. The van der Waals surface area contributed by atoms with Gasteiger partial charge in [0.25, 0.3) is 0 Å². The molecular formula is C14H16FNO. The van der Waals surface area contributed by atoms with Crippen LogP contribution >= 0.6 is 0 Å². The van der Waals surface area contributed by atoms with Gasteiger partial charge in [0.15, 0.2) is 0 Å². The van der Waals surface area contributed by atoms with Crippen molar-refractivity contribution >= 4 is 5.91 Å². The van der Waals surface area contributed by atoms with Gasteiger partial charge in [0.05, 0.1) is 6.04 Å². The van der Waals surface area contributed by atoms with Gasteiger partial charge in [-0.15, -0.1) is 0 Å². The van der Waals surface area contributed by atoms with Crippen LogP contribution in [0.25, 0.3) is 0 Å². The number of fused-ring (bicyclic) bond motifs is 1. The molecule has 1 aromatic rings. The first-order chi connectivity index (χ1) is 8.27. The van der Waals surface area contributed by atoms with Crippen molar-refractivity contribution in [2.24, 2.45) is 0 Å². The summed E-state index contributed by atoms with van der Waals surface area (Å²) < 4.78 is 13.8. The standard InChI is InChI=1S/C14H16FNO/c15-12-6-2-1-5-11(12)13-9-8-10-4-3-7-14(17)16(10)13/h1-2,5-6,10,13H,3-4,7-9H2/t10-,13-/m0/s1. The highest BCUT2D eigenvalue weighted by Crippen LogP contribution is 2.41. The molecule has 0 unspecified atom stereocenters. The Morgan fingerprint density at radius 2 is 2.00 bits per heavy atom. The van der Waals surface area contributed by atoms with Gasteiger partial charge in [-0.2, -0.15) is 0 Å². The highest BCUT2D eigenvalue weighted by Gasteiger charge is 2.40. The minimum atomic E-state index is -0.184.